The van der Waals surface area contributed by atoms with Crippen LogP contribution in [0.5, 0.6) is 0 Å². The second-order valence-electron chi connectivity index (χ2n) is 6.38. The summed E-state index contributed by atoms with van der Waals surface area (Å²) in [6.45, 7) is 2.79. The van der Waals surface area contributed by atoms with Crippen molar-refractivity contribution in [3.8, 4) is 0 Å². The first kappa shape index (κ1) is 19.2. The standard InChI is InChI=1S/C21H27NO3/c1-17(22(2)3)14-25-21(23)16-24-15-20(18-10-6-4-7-11-18)19-12-8-5-9-13-19/h4-13,17,20H,14-16H2,1-3H3. The van der Waals surface area contributed by atoms with Gasteiger partial charge in [0.2, 0.25) is 0 Å². The van der Waals surface area contributed by atoms with Gasteiger partial charge in [-0.2, -0.15) is 0 Å². The largest absolute Gasteiger partial charge is 0.462 e. The summed E-state index contributed by atoms with van der Waals surface area (Å²) in [6, 6.07) is 20.6. The molecule has 0 saturated carbocycles. The summed E-state index contributed by atoms with van der Waals surface area (Å²) < 4.78 is 10.9. The molecule has 0 aliphatic carbocycles. The van der Waals surface area contributed by atoms with Crippen LogP contribution in [-0.4, -0.2) is 50.8 Å². The minimum atomic E-state index is -0.325. The second-order valence-corrected chi connectivity index (χ2v) is 6.38. The van der Waals surface area contributed by atoms with Crippen molar-refractivity contribution in [3.05, 3.63) is 71.8 Å². The van der Waals surface area contributed by atoms with Gasteiger partial charge in [-0.25, -0.2) is 4.79 Å². The number of carbonyl (C=O) groups is 1. The first-order valence-electron chi connectivity index (χ1n) is 8.57. The van der Waals surface area contributed by atoms with Crippen LogP contribution >= 0.6 is 0 Å². The van der Waals surface area contributed by atoms with E-state index in [-0.39, 0.29) is 24.5 Å². The molecule has 25 heavy (non-hydrogen) atoms. The van der Waals surface area contributed by atoms with Gasteiger partial charge >= 0.3 is 5.97 Å². The highest BCUT2D eigenvalue weighted by atomic mass is 16.6. The van der Waals surface area contributed by atoms with Crippen LogP contribution in [0.15, 0.2) is 60.7 Å². The molecule has 4 nitrogen and oxygen atoms in total. The number of hydrogen-bond donors (Lipinski definition) is 0. The summed E-state index contributed by atoms with van der Waals surface area (Å²) in [4.78, 5) is 13.9. The molecule has 0 fully saturated rings. The van der Waals surface area contributed by atoms with E-state index < -0.39 is 0 Å². The van der Waals surface area contributed by atoms with Crippen molar-refractivity contribution in [2.75, 3.05) is 33.9 Å². The summed E-state index contributed by atoms with van der Waals surface area (Å²) in [7, 11) is 3.92. The fraction of sp³-hybridized carbons (Fsp3) is 0.381. The van der Waals surface area contributed by atoms with Crippen molar-refractivity contribution in [1.29, 1.82) is 0 Å². The van der Waals surface area contributed by atoms with E-state index in [1.54, 1.807) is 0 Å². The van der Waals surface area contributed by atoms with Crippen molar-refractivity contribution in [2.24, 2.45) is 0 Å². The molecule has 0 saturated heterocycles. The SMILES string of the molecule is CC(COC(=O)COCC(c1ccccc1)c1ccccc1)N(C)C. The Morgan fingerprint density at radius 1 is 0.920 bits per heavy atom. The van der Waals surface area contributed by atoms with Crippen LogP contribution in [0.1, 0.15) is 24.0 Å². The lowest BCUT2D eigenvalue weighted by atomic mass is 9.92. The van der Waals surface area contributed by atoms with Crippen molar-refractivity contribution >= 4 is 5.97 Å². The molecule has 2 aromatic carbocycles. The average Bonchev–Trinajstić information content (AvgIpc) is 2.64. The smallest absolute Gasteiger partial charge is 0.332 e. The van der Waals surface area contributed by atoms with E-state index in [1.165, 1.54) is 11.1 Å². The van der Waals surface area contributed by atoms with Crippen LogP contribution in [0.4, 0.5) is 0 Å². The Morgan fingerprint density at radius 3 is 1.92 bits per heavy atom. The highest BCUT2D eigenvalue weighted by Gasteiger charge is 2.15. The summed E-state index contributed by atoms with van der Waals surface area (Å²) >= 11 is 0. The zero-order valence-electron chi connectivity index (χ0n) is 15.2. The van der Waals surface area contributed by atoms with E-state index >= 15 is 0 Å². The van der Waals surface area contributed by atoms with Gasteiger partial charge in [0.1, 0.15) is 13.2 Å². The van der Waals surface area contributed by atoms with Crippen molar-refractivity contribution in [3.63, 3.8) is 0 Å². The van der Waals surface area contributed by atoms with E-state index in [1.807, 2.05) is 62.3 Å². The topological polar surface area (TPSA) is 38.8 Å². The quantitative estimate of drug-likeness (QED) is 0.656. The van der Waals surface area contributed by atoms with Crippen LogP contribution in [0.3, 0.4) is 0 Å². The Morgan fingerprint density at radius 2 is 1.44 bits per heavy atom. The maximum absolute atomic E-state index is 11.9. The first-order valence-corrected chi connectivity index (χ1v) is 8.57. The number of esters is 1. The minimum absolute atomic E-state index is 0.0314. The van der Waals surface area contributed by atoms with E-state index in [2.05, 4.69) is 24.3 Å². The third-order valence-electron chi connectivity index (χ3n) is 4.28. The number of likely N-dealkylation sites (N-methyl/N-ethyl adjacent to an activating group) is 1. The first-order chi connectivity index (χ1) is 12.1. The molecule has 0 N–H and O–H groups in total. The Hall–Kier alpha value is -2.17. The molecule has 0 bridgehead atoms. The molecule has 0 radical (unpaired) electrons. The predicted octanol–water partition coefficient (Wildman–Crippen LogP) is 3.33. The predicted molar refractivity (Wildman–Crippen MR) is 99.7 cm³/mol. The maximum Gasteiger partial charge on any atom is 0.332 e. The Bertz CT molecular complexity index is 589. The molecule has 4 heteroatoms. The Balaban J connectivity index is 1.90. The third kappa shape index (κ3) is 6.33. The molecule has 0 amide bonds. The molecule has 0 aliphatic rings. The highest BCUT2D eigenvalue weighted by molar-refractivity contribution is 5.70. The average molecular weight is 341 g/mol. The van der Waals surface area contributed by atoms with Gasteiger partial charge in [-0.05, 0) is 32.1 Å². The zero-order chi connectivity index (χ0) is 18.1. The van der Waals surface area contributed by atoms with Crippen LogP contribution in [0.25, 0.3) is 0 Å². The summed E-state index contributed by atoms with van der Waals surface area (Å²) in [6.07, 6.45) is 0. The number of rotatable bonds is 9. The molecule has 1 unspecified atom stereocenters. The molecule has 1 atom stereocenters. The van der Waals surface area contributed by atoms with Gasteiger partial charge in [-0.3, -0.25) is 0 Å². The molecule has 0 spiro atoms. The summed E-state index contributed by atoms with van der Waals surface area (Å²) in [5.41, 5.74) is 2.34. The zero-order valence-corrected chi connectivity index (χ0v) is 15.2. The van der Waals surface area contributed by atoms with Gasteiger partial charge in [0.05, 0.1) is 6.61 Å². The number of hydrogen-bond acceptors (Lipinski definition) is 4. The number of nitrogens with zero attached hydrogens (tertiary/aromatic N) is 1. The van der Waals surface area contributed by atoms with Gasteiger partial charge in [-0.1, -0.05) is 60.7 Å². The minimum Gasteiger partial charge on any atom is -0.462 e. The Kier molecular flexibility index (Phi) is 7.64. The molecule has 2 aromatic rings. The molecule has 134 valence electrons. The van der Waals surface area contributed by atoms with E-state index in [0.717, 1.165) is 0 Å². The van der Waals surface area contributed by atoms with Gasteiger partial charge in [-0.15, -0.1) is 0 Å². The third-order valence-corrected chi connectivity index (χ3v) is 4.28. The molecule has 0 aliphatic heterocycles. The van der Waals surface area contributed by atoms with Crippen LogP contribution < -0.4 is 0 Å². The van der Waals surface area contributed by atoms with Gasteiger partial charge in [0.25, 0.3) is 0 Å². The van der Waals surface area contributed by atoms with E-state index in [0.29, 0.717) is 13.2 Å². The lowest BCUT2D eigenvalue weighted by Gasteiger charge is -2.20. The summed E-state index contributed by atoms with van der Waals surface area (Å²) in [5, 5.41) is 0. The van der Waals surface area contributed by atoms with E-state index in [9.17, 15) is 4.79 Å². The second kappa shape index (κ2) is 9.97. The molecule has 0 aromatic heterocycles. The molecule has 0 heterocycles. The van der Waals surface area contributed by atoms with E-state index in [4.69, 9.17) is 9.47 Å². The highest BCUT2D eigenvalue weighted by Crippen LogP contribution is 2.24. The number of ether oxygens (including phenoxy) is 2. The Labute approximate surface area is 150 Å². The summed E-state index contributed by atoms with van der Waals surface area (Å²) in [5.74, 6) is -0.232. The van der Waals surface area contributed by atoms with Crippen molar-refractivity contribution in [1.82, 2.24) is 4.90 Å². The van der Waals surface area contributed by atoms with Gasteiger partial charge < -0.3 is 14.4 Å². The number of carbonyl (C=O) groups excluding carboxylic acids is 1. The maximum atomic E-state index is 11.9. The molecular formula is C21H27NO3. The molecular weight excluding hydrogens is 314 g/mol. The fourth-order valence-corrected chi connectivity index (χ4v) is 2.42. The van der Waals surface area contributed by atoms with Crippen LogP contribution in [0, 0.1) is 0 Å². The monoisotopic (exact) mass is 341 g/mol. The number of benzene rings is 2. The fourth-order valence-electron chi connectivity index (χ4n) is 2.42. The van der Waals surface area contributed by atoms with Crippen molar-refractivity contribution < 1.29 is 14.3 Å². The lowest BCUT2D eigenvalue weighted by Crippen LogP contribution is -2.31. The van der Waals surface area contributed by atoms with Crippen LogP contribution in [-0.2, 0) is 14.3 Å². The molecule has 2 rings (SSSR count). The normalized spacial score (nSPS) is 12.4. The van der Waals surface area contributed by atoms with Crippen LogP contribution in [0.2, 0.25) is 0 Å². The van der Waals surface area contributed by atoms with Crippen molar-refractivity contribution in [2.45, 2.75) is 18.9 Å². The van der Waals surface area contributed by atoms with Gasteiger partial charge in [0.15, 0.2) is 0 Å². The lowest BCUT2D eigenvalue weighted by molar-refractivity contribution is -0.150. The van der Waals surface area contributed by atoms with Gasteiger partial charge in [0, 0.05) is 12.0 Å².